The van der Waals surface area contributed by atoms with E-state index < -0.39 is 11.2 Å². The maximum atomic E-state index is 13.0. The van der Waals surface area contributed by atoms with Crippen LogP contribution in [0.15, 0.2) is 54.6 Å². The van der Waals surface area contributed by atoms with Gasteiger partial charge in [-0.15, -0.1) is 0 Å². The fourth-order valence-electron chi connectivity index (χ4n) is 5.37. The second-order valence-corrected chi connectivity index (χ2v) is 14.1. The minimum Gasteiger partial charge on any atom is -0.497 e. The van der Waals surface area contributed by atoms with E-state index >= 15 is 0 Å². The van der Waals surface area contributed by atoms with Crippen molar-refractivity contribution in [3.8, 4) is 5.75 Å². The highest BCUT2D eigenvalue weighted by molar-refractivity contribution is 5.75. The number of anilines is 1. The molecule has 11 heteroatoms. The summed E-state index contributed by atoms with van der Waals surface area (Å²) in [5, 5.41) is 0. The van der Waals surface area contributed by atoms with Gasteiger partial charge in [0.1, 0.15) is 23.6 Å². The summed E-state index contributed by atoms with van der Waals surface area (Å²) in [6, 6.07) is 17.5. The molecule has 0 N–H and O–H groups in total. The normalized spacial score (nSPS) is 15.3. The summed E-state index contributed by atoms with van der Waals surface area (Å²) in [4.78, 5) is 43.8. The molecule has 0 saturated carbocycles. The fraction of sp³-hybridized carbons (Fsp3) is 0.595. The highest BCUT2D eigenvalue weighted by Gasteiger charge is 2.31. The minimum absolute atomic E-state index is 0.0130. The van der Waals surface area contributed by atoms with Gasteiger partial charge in [-0.3, -0.25) is 14.5 Å². The van der Waals surface area contributed by atoms with Crippen LogP contribution in [-0.4, -0.2) is 105 Å². The van der Waals surface area contributed by atoms with Crippen LogP contribution in [0.2, 0.25) is 0 Å². The molecule has 0 aromatic heterocycles. The van der Waals surface area contributed by atoms with Gasteiger partial charge >= 0.3 is 18.0 Å². The molecule has 0 radical (unpaired) electrons. The molecule has 0 bridgehead atoms. The van der Waals surface area contributed by atoms with Gasteiger partial charge in [0.25, 0.3) is 0 Å². The Morgan fingerprint density at radius 3 is 2.12 bits per heavy atom. The van der Waals surface area contributed by atoms with Crippen LogP contribution >= 0.6 is 0 Å². The van der Waals surface area contributed by atoms with E-state index in [-0.39, 0.29) is 43.8 Å². The lowest BCUT2D eigenvalue weighted by atomic mass is 10.1. The number of benzene rings is 2. The first-order chi connectivity index (χ1) is 22.7. The zero-order valence-electron chi connectivity index (χ0n) is 29.9. The Kier molecular flexibility index (Phi) is 15.0. The maximum Gasteiger partial charge on any atom is 0.410 e. The number of piperazine rings is 1. The molecular formula is C37H55N3O8. The standard InChI is InChI=1S/C37H55N3O8/c1-36(2,3)47-33(41)25-38(26-34(42)48-37(4,5)6)19-12-9-13-22-45-28-31-24-39(35(43)46-27-29-15-10-8-11-16-29)20-21-40(31)30-17-14-18-32(23-30)44-7/h8,10-11,14-18,23,31H,9,12-13,19-22,24-28H2,1-7H3. The Labute approximate surface area is 286 Å². The van der Waals surface area contributed by atoms with E-state index in [1.807, 2.05) is 96.1 Å². The van der Waals surface area contributed by atoms with Crippen LogP contribution in [0.1, 0.15) is 66.4 Å². The molecule has 1 unspecified atom stereocenters. The molecule has 0 aliphatic carbocycles. The third kappa shape index (κ3) is 14.5. The first-order valence-corrected chi connectivity index (χ1v) is 16.8. The number of unbranched alkanes of at least 4 members (excludes halogenated alkanes) is 2. The molecule has 2 aromatic rings. The second kappa shape index (κ2) is 18.6. The fourth-order valence-corrected chi connectivity index (χ4v) is 5.37. The molecule has 3 rings (SSSR count). The van der Waals surface area contributed by atoms with Crippen molar-refractivity contribution in [1.82, 2.24) is 9.80 Å². The van der Waals surface area contributed by atoms with Gasteiger partial charge in [0.2, 0.25) is 0 Å². The lowest BCUT2D eigenvalue weighted by molar-refractivity contribution is -0.159. The molecule has 1 atom stereocenters. The predicted octanol–water partition coefficient (Wildman–Crippen LogP) is 5.69. The van der Waals surface area contributed by atoms with Crippen molar-refractivity contribution in [2.24, 2.45) is 0 Å². The number of hydrogen-bond acceptors (Lipinski definition) is 10. The number of ether oxygens (including phenoxy) is 5. The summed E-state index contributed by atoms with van der Waals surface area (Å²) >= 11 is 0. The molecule has 1 amide bonds. The summed E-state index contributed by atoms with van der Waals surface area (Å²) < 4.78 is 28.2. The summed E-state index contributed by atoms with van der Waals surface area (Å²) in [5.41, 5.74) is 0.742. The Morgan fingerprint density at radius 1 is 0.833 bits per heavy atom. The van der Waals surface area contributed by atoms with E-state index in [4.69, 9.17) is 23.7 Å². The van der Waals surface area contributed by atoms with Crippen LogP contribution in [0.3, 0.4) is 0 Å². The summed E-state index contributed by atoms with van der Waals surface area (Å²) in [7, 11) is 1.65. The van der Waals surface area contributed by atoms with E-state index in [2.05, 4.69) is 4.90 Å². The summed E-state index contributed by atoms with van der Waals surface area (Å²) in [6.07, 6.45) is 2.09. The third-order valence-electron chi connectivity index (χ3n) is 7.45. The highest BCUT2D eigenvalue weighted by Crippen LogP contribution is 2.26. The molecule has 266 valence electrons. The van der Waals surface area contributed by atoms with E-state index in [1.165, 1.54) is 0 Å². The Balaban J connectivity index is 1.51. The largest absolute Gasteiger partial charge is 0.497 e. The SMILES string of the molecule is COc1cccc(N2CCN(C(=O)OCc3ccccc3)CC2COCCCCCN(CC(=O)OC(C)(C)C)CC(=O)OC(C)(C)C)c1. The molecule has 1 fully saturated rings. The average molecular weight is 670 g/mol. The molecule has 1 saturated heterocycles. The Morgan fingerprint density at radius 2 is 1.50 bits per heavy atom. The van der Waals surface area contributed by atoms with Gasteiger partial charge in [-0.25, -0.2) is 4.79 Å². The number of nitrogens with zero attached hydrogens (tertiary/aromatic N) is 3. The van der Waals surface area contributed by atoms with Gasteiger partial charge in [0, 0.05) is 38.0 Å². The van der Waals surface area contributed by atoms with Crippen LogP contribution in [0, 0.1) is 0 Å². The average Bonchev–Trinajstić information content (AvgIpc) is 3.01. The van der Waals surface area contributed by atoms with Crippen molar-refractivity contribution in [2.45, 2.75) is 84.7 Å². The highest BCUT2D eigenvalue weighted by atomic mass is 16.6. The number of esters is 2. The van der Waals surface area contributed by atoms with Gasteiger partial charge in [0.05, 0.1) is 32.8 Å². The maximum absolute atomic E-state index is 13.0. The topological polar surface area (TPSA) is 107 Å². The van der Waals surface area contributed by atoms with E-state index in [9.17, 15) is 14.4 Å². The summed E-state index contributed by atoms with van der Waals surface area (Å²) in [6.45, 7) is 14.3. The smallest absolute Gasteiger partial charge is 0.410 e. The van der Waals surface area contributed by atoms with Gasteiger partial charge in [-0.1, -0.05) is 36.4 Å². The van der Waals surface area contributed by atoms with Crippen molar-refractivity contribution in [3.63, 3.8) is 0 Å². The number of carbonyl (C=O) groups excluding carboxylic acids is 3. The van der Waals surface area contributed by atoms with Gasteiger partial charge < -0.3 is 33.5 Å². The van der Waals surface area contributed by atoms with Crippen LogP contribution in [0.5, 0.6) is 5.75 Å². The first kappa shape index (κ1) is 38.6. The van der Waals surface area contributed by atoms with Gasteiger partial charge in [-0.05, 0) is 85.0 Å². The zero-order valence-corrected chi connectivity index (χ0v) is 29.9. The zero-order chi connectivity index (χ0) is 35.2. The lowest BCUT2D eigenvalue weighted by Crippen LogP contribution is -2.56. The molecule has 48 heavy (non-hydrogen) atoms. The van der Waals surface area contributed by atoms with Crippen LogP contribution in [0.4, 0.5) is 10.5 Å². The number of rotatable bonds is 16. The van der Waals surface area contributed by atoms with E-state index in [0.29, 0.717) is 39.4 Å². The van der Waals surface area contributed by atoms with E-state index in [1.54, 1.807) is 16.9 Å². The quantitative estimate of drug-likeness (QED) is 0.126. The number of hydrogen-bond donors (Lipinski definition) is 0. The van der Waals surface area contributed by atoms with Crippen molar-refractivity contribution < 1.29 is 38.1 Å². The molecule has 2 aromatic carbocycles. The number of methoxy groups -OCH3 is 1. The van der Waals surface area contributed by atoms with Gasteiger partial charge in [-0.2, -0.15) is 0 Å². The molecular weight excluding hydrogens is 614 g/mol. The monoisotopic (exact) mass is 669 g/mol. The first-order valence-electron chi connectivity index (χ1n) is 16.8. The third-order valence-corrected chi connectivity index (χ3v) is 7.45. The second-order valence-electron chi connectivity index (χ2n) is 14.1. The molecule has 1 aliphatic rings. The summed E-state index contributed by atoms with van der Waals surface area (Å²) in [5.74, 6) is 0.0187. The van der Waals surface area contributed by atoms with Crippen LogP contribution in [-0.2, 0) is 35.1 Å². The van der Waals surface area contributed by atoms with E-state index in [0.717, 1.165) is 36.3 Å². The van der Waals surface area contributed by atoms with Crippen molar-refractivity contribution in [1.29, 1.82) is 0 Å². The molecule has 0 spiro atoms. The van der Waals surface area contributed by atoms with Crippen molar-refractivity contribution >= 4 is 23.7 Å². The van der Waals surface area contributed by atoms with Crippen LogP contribution < -0.4 is 9.64 Å². The molecule has 1 aliphatic heterocycles. The Bertz CT molecular complexity index is 1260. The van der Waals surface area contributed by atoms with Gasteiger partial charge in [0.15, 0.2) is 0 Å². The number of amides is 1. The Hall–Kier alpha value is -3.83. The molecule has 1 heterocycles. The number of carbonyl (C=O) groups is 3. The predicted molar refractivity (Wildman–Crippen MR) is 185 cm³/mol. The molecule has 11 nitrogen and oxygen atoms in total. The lowest BCUT2D eigenvalue weighted by Gasteiger charge is -2.42. The van der Waals surface area contributed by atoms with Crippen molar-refractivity contribution in [3.05, 3.63) is 60.2 Å². The van der Waals surface area contributed by atoms with Crippen molar-refractivity contribution in [2.75, 3.05) is 64.5 Å². The van der Waals surface area contributed by atoms with Crippen LogP contribution in [0.25, 0.3) is 0 Å². The minimum atomic E-state index is -0.605.